The van der Waals surface area contributed by atoms with Crippen LogP contribution in [0.1, 0.15) is 11.4 Å². The lowest BCUT2D eigenvalue weighted by atomic mass is 10.2. The minimum Gasteiger partial charge on any atom is -0.493 e. The number of nitrogens with zero attached hydrogens (tertiary/aromatic N) is 3. The quantitative estimate of drug-likeness (QED) is 0.903. The fourth-order valence-electron chi connectivity index (χ4n) is 1.61. The highest BCUT2D eigenvalue weighted by Gasteiger charge is 2.12. The predicted octanol–water partition coefficient (Wildman–Crippen LogP) is 1.62. The normalized spacial score (nSPS) is 10.5. The van der Waals surface area contributed by atoms with Crippen molar-refractivity contribution in [1.29, 1.82) is 0 Å². The van der Waals surface area contributed by atoms with Crippen molar-refractivity contribution < 1.29 is 9.47 Å². The molecule has 2 aromatic rings. The van der Waals surface area contributed by atoms with Gasteiger partial charge in [0.2, 0.25) is 0 Å². The van der Waals surface area contributed by atoms with Gasteiger partial charge in [0, 0.05) is 13.6 Å². The molecule has 0 bridgehead atoms. The zero-order valence-corrected chi connectivity index (χ0v) is 12.3. The molecule has 0 aliphatic rings. The average Bonchev–Trinajstić information content (AvgIpc) is 2.82. The second kappa shape index (κ2) is 6.03. The van der Waals surface area contributed by atoms with Gasteiger partial charge in [-0.3, -0.25) is 0 Å². The molecule has 0 saturated heterocycles. The monoisotopic (exact) mass is 326 g/mol. The standard InChI is InChI=1S/C12H15BrN4O2/c1-17-7-15-16-11(17)6-19-12-9(13)3-8(5-14)4-10(12)18-2/h3-4,7H,5-6,14H2,1-2H3. The number of hydrogen-bond donors (Lipinski definition) is 1. The number of halogens is 1. The molecule has 0 spiro atoms. The highest BCUT2D eigenvalue weighted by molar-refractivity contribution is 9.10. The molecule has 2 rings (SSSR count). The summed E-state index contributed by atoms with van der Waals surface area (Å²) in [5.74, 6) is 2.00. The van der Waals surface area contributed by atoms with Crippen molar-refractivity contribution in [3.8, 4) is 11.5 Å². The molecule has 0 aliphatic heterocycles. The van der Waals surface area contributed by atoms with Gasteiger partial charge in [0.1, 0.15) is 12.9 Å². The third-order valence-corrected chi connectivity index (χ3v) is 3.26. The minimum atomic E-state index is 0.313. The largest absolute Gasteiger partial charge is 0.493 e. The number of nitrogens with two attached hydrogens (primary N) is 1. The van der Waals surface area contributed by atoms with Crippen molar-refractivity contribution in [2.45, 2.75) is 13.2 Å². The molecule has 102 valence electrons. The fourth-order valence-corrected chi connectivity index (χ4v) is 2.21. The van der Waals surface area contributed by atoms with E-state index < -0.39 is 0 Å². The Kier molecular flexibility index (Phi) is 4.39. The van der Waals surface area contributed by atoms with E-state index in [0.29, 0.717) is 24.7 Å². The molecule has 0 amide bonds. The molecule has 0 radical (unpaired) electrons. The first-order chi connectivity index (χ1) is 9.15. The van der Waals surface area contributed by atoms with E-state index in [1.807, 2.05) is 19.2 Å². The molecule has 2 N–H and O–H groups in total. The highest BCUT2D eigenvalue weighted by atomic mass is 79.9. The van der Waals surface area contributed by atoms with Crippen LogP contribution >= 0.6 is 15.9 Å². The Bertz CT molecular complexity index is 571. The van der Waals surface area contributed by atoms with Crippen LogP contribution in [0.15, 0.2) is 22.9 Å². The van der Waals surface area contributed by atoms with E-state index in [0.717, 1.165) is 15.9 Å². The van der Waals surface area contributed by atoms with Gasteiger partial charge in [-0.25, -0.2) is 0 Å². The van der Waals surface area contributed by atoms with Gasteiger partial charge in [-0.05, 0) is 33.6 Å². The van der Waals surface area contributed by atoms with Crippen LogP contribution in [0, 0.1) is 0 Å². The summed E-state index contributed by atoms with van der Waals surface area (Å²) in [5, 5.41) is 7.76. The summed E-state index contributed by atoms with van der Waals surface area (Å²) in [4.78, 5) is 0. The van der Waals surface area contributed by atoms with Gasteiger partial charge < -0.3 is 19.8 Å². The van der Waals surface area contributed by atoms with Crippen LogP contribution in [-0.2, 0) is 20.2 Å². The van der Waals surface area contributed by atoms with Gasteiger partial charge in [0.15, 0.2) is 17.3 Å². The molecule has 0 fully saturated rings. The first kappa shape index (κ1) is 13.8. The Labute approximate surface area is 119 Å². The maximum absolute atomic E-state index is 5.75. The summed E-state index contributed by atoms with van der Waals surface area (Å²) in [7, 11) is 3.46. The van der Waals surface area contributed by atoms with Crippen molar-refractivity contribution in [3.05, 3.63) is 34.3 Å². The molecular formula is C12H15BrN4O2. The van der Waals surface area contributed by atoms with Crippen molar-refractivity contribution in [2.24, 2.45) is 12.8 Å². The first-order valence-corrected chi connectivity index (χ1v) is 6.47. The van der Waals surface area contributed by atoms with Gasteiger partial charge in [0.25, 0.3) is 0 Å². The van der Waals surface area contributed by atoms with Crippen molar-refractivity contribution in [1.82, 2.24) is 14.8 Å². The van der Waals surface area contributed by atoms with Crippen LogP contribution in [0.4, 0.5) is 0 Å². The number of hydrogen-bond acceptors (Lipinski definition) is 5. The number of rotatable bonds is 5. The van der Waals surface area contributed by atoms with Gasteiger partial charge in [-0.15, -0.1) is 10.2 Å². The maximum Gasteiger partial charge on any atom is 0.176 e. The topological polar surface area (TPSA) is 75.2 Å². The zero-order valence-electron chi connectivity index (χ0n) is 10.8. The fraction of sp³-hybridized carbons (Fsp3) is 0.333. The molecule has 0 atom stereocenters. The lowest BCUT2D eigenvalue weighted by Gasteiger charge is -2.13. The van der Waals surface area contributed by atoms with Gasteiger partial charge >= 0.3 is 0 Å². The van der Waals surface area contributed by atoms with E-state index in [1.54, 1.807) is 18.0 Å². The molecule has 0 saturated carbocycles. The Hall–Kier alpha value is -1.60. The number of aryl methyl sites for hydroxylation is 1. The maximum atomic E-state index is 5.75. The summed E-state index contributed by atoms with van der Waals surface area (Å²) in [6.45, 7) is 0.756. The molecule has 1 heterocycles. The molecule has 1 aromatic heterocycles. The van der Waals surface area contributed by atoms with E-state index in [2.05, 4.69) is 26.1 Å². The van der Waals surface area contributed by atoms with Crippen molar-refractivity contribution in [3.63, 3.8) is 0 Å². The van der Waals surface area contributed by atoms with Gasteiger partial charge in [-0.1, -0.05) is 0 Å². The molecular weight excluding hydrogens is 312 g/mol. The number of methoxy groups -OCH3 is 1. The molecule has 0 unspecified atom stereocenters. The van der Waals surface area contributed by atoms with Crippen LogP contribution in [0.3, 0.4) is 0 Å². The van der Waals surface area contributed by atoms with Crippen molar-refractivity contribution in [2.75, 3.05) is 7.11 Å². The third kappa shape index (κ3) is 3.05. The summed E-state index contributed by atoms with van der Waals surface area (Å²) in [5.41, 5.74) is 6.59. The van der Waals surface area contributed by atoms with Crippen LogP contribution in [0.2, 0.25) is 0 Å². The lowest BCUT2D eigenvalue weighted by Crippen LogP contribution is -2.05. The molecule has 7 heteroatoms. The third-order valence-electron chi connectivity index (χ3n) is 2.68. The smallest absolute Gasteiger partial charge is 0.176 e. The second-order valence-electron chi connectivity index (χ2n) is 3.96. The summed E-state index contributed by atoms with van der Waals surface area (Å²) < 4.78 is 13.7. The Balaban J connectivity index is 2.22. The summed E-state index contributed by atoms with van der Waals surface area (Å²) in [6.07, 6.45) is 1.63. The molecule has 6 nitrogen and oxygen atoms in total. The SMILES string of the molecule is COc1cc(CN)cc(Br)c1OCc1nncn1C. The molecule has 0 aliphatic carbocycles. The summed E-state index contributed by atoms with van der Waals surface area (Å²) >= 11 is 3.46. The zero-order chi connectivity index (χ0) is 13.8. The van der Waals surface area contributed by atoms with E-state index in [4.69, 9.17) is 15.2 Å². The lowest BCUT2D eigenvalue weighted by molar-refractivity contribution is 0.270. The van der Waals surface area contributed by atoms with E-state index in [-0.39, 0.29) is 0 Å². The molecule has 19 heavy (non-hydrogen) atoms. The Morgan fingerprint density at radius 1 is 1.42 bits per heavy atom. The van der Waals surface area contributed by atoms with Crippen LogP contribution in [-0.4, -0.2) is 21.9 Å². The van der Waals surface area contributed by atoms with E-state index >= 15 is 0 Å². The average molecular weight is 327 g/mol. The minimum absolute atomic E-state index is 0.313. The second-order valence-corrected chi connectivity index (χ2v) is 4.81. The van der Waals surface area contributed by atoms with Crippen LogP contribution in [0.5, 0.6) is 11.5 Å². The predicted molar refractivity (Wildman–Crippen MR) is 73.9 cm³/mol. The highest BCUT2D eigenvalue weighted by Crippen LogP contribution is 2.36. The van der Waals surface area contributed by atoms with E-state index in [9.17, 15) is 0 Å². The van der Waals surface area contributed by atoms with Crippen LogP contribution in [0.25, 0.3) is 0 Å². The molecule has 1 aromatic carbocycles. The first-order valence-electron chi connectivity index (χ1n) is 5.68. The Morgan fingerprint density at radius 3 is 2.79 bits per heavy atom. The van der Waals surface area contributed by atoms with Gasteiger partial charge in [-0.2, -0.15) is 0 Å². The number of benzene rings is 1. The van der Waals surface area contributed by atoms with Gasteiger partial charge in [0.05, 0.1) is 11.6 Å². The van der Waals surface area contributed by atoms with E-state index in [1.165, 1.54) is 0 Å². The van der Waals surface area contributed by atoms with Crippen molar-refractivity contribution >= 4 is 15.9 Å². The summed E-state index contributed by atoms with van der Waals surface area (Å²) in [6, 6.07) is 3.77. The van der Waals surface area contributed by atoms with Crippen LogP contribution < -0.4 is 15.2 Å². The Morgan fingerprint density at radius 2 is 2.21 bits per heavy atom. The number of ether oxygens (including phenoxy) is 2. The number of aromatic nitrogens is 3.